The topological polar surface area (TPSA) is 22.3 Å². The predicted octanol–water partition coefficient (Wildman–Crippen LogP) is 0.659. The van der Waals surface area contributed by atoms with Crippen molar-refractivity contribution < 1.29 is 49.4 Å². The van der Waals surface area contributed by atoms with Crippen LogP contribution in [0.25, 0.3) is 5.41 Å². The van der Waals surface area contributed by atoms with Gasteiger partial charge in [-0.2, -0.15) is 5.16 Å². The average Bonchev–Trinajstić information content (AvgIpc) is 0.918. The van der Waals surface area contributed by atoms with E-state index in [9.17, 15) is 0 Å². The minimum absolute atomic E-state index is 0. The standard InChI is InChI=1S/CNS.Eu/c2-1-3;/q-1;. The number of nitrogens with zero attached hydrogens (tertiary/aromatic N) is 1. The Kier molecular flexibility index (Phi) is 20.0. The van der Waals surface area contributed by atoms with E-state index in [1.165, 1.54) is 5.16 Å². The van der Waals surface area contributed by atoms with Crippen LogP contribution in [-0.4, -0.2) is 5.16 Å². The largest absolute Gasteiger partial charge is 0.753 e. The molecule has 0 aromatic carbocycles. The van der Waals surface area contributed by atoms with Gasteiger partial charge in [0.2, 0.25) is 0 Å². The molecule has 0 rings (SSSR count). The number of rotatable bonds is 0. The maximum absolute atomic E-state index is 7.13. The van der Waals surface area contributed by atoms with Crippen molar-refractivity contribution in [3.05, 3.63) is 5.41 Å². The van der Waals surface area contributed by atoms with Crippen molar-refractivity contribution in [2.24, 2.45) is 0 Å². The molecule has 0 aromatic rings. The fraction of sp³-hybridized carbons (Fsp3) is 0. The van der Waals surface area contributed by atoms with Gasteiger partial charge in [-0.05, 0) is 0 Å². The molecule has 0 aliphatic heterocycles. The number of thiocarbonyl (C=S) groups is 1. The molecule has 0 saturated heterocycles. The molecule has 0 heterocycles. The van der Waals surface area contributed by atoms with Gasteiger partial charge in [-0.3, -0.25) is 0 Å². The van der Waals surface area contributed by atoms with E-state index in [4.69, 9.17) is 5.41 Å². The van der Waals surface area contributed by atoms with E-state index < -0.39 is 0 Å². The molecule has 0 aliphatic rings. The van der Waals surface area contributed by atoms with Gasteiger partial charge in [-0.1, -0.05) is 12.2 Å². The summed E-state index contributed by atoms with van der Waals surface area (Å²) in [4.78, 5) is 0. The van der Waals surface area contributed by atoms with Crippen molar-refractivity contribution in [1.29, 1.82) is 0 Å². The Morgan fingerprint density at radius 2 is 1.75 bits per heavy atom. The molecule has 0 saturated carbocycles. The van der Waals surface area contributed by atoms with Gasteiger partial charge in [0.15, 0.2) is 0 Å². The minimum atomic E-state index is 0. The summed E-state index contributed by atoms with van der Waals surface area (Å²) in [5.74, 6) is 0. The molecule has 0 aromatic heterocycles. The molecule has 0 fully saturated rings. The van der Waals surface area contributed by atoms with Crippen molar-refractivity contribution in [3.63, 3.8) is 0 Å². The Hall–Kier alpha value is 1.38. The number of hydrogen-bond donors (Lipinski definition) is 0. The summed E-state index contributed by atoms with van der Waals surface area (Å²) in [6.07, 6.45) is 0. The second-order valence-corrected chi connectivity index (χ2v) is 0.274. The predicted molar refractivity (Wildman–Crippen MR) is 16.0 cm³/mol. The molecule has 0 unspecified atom stereocenters. The third kappa shape index (κ3) is 10.0. The van der Waals surface area contributed by atoms with Crippen LogP contribution in [0.2, 0.25) is 0 Å². The molecule has 1 nitrogen and oxygen atoms in total. The molecule has 1 radical (unpaired) electrons. The third-order valence-corrected chi connectivity index (χ3v) is 0. The molecule has 0 aliphatic carbocycles. The fourth-order valence-electron chi connectivity index (χ4n) is 0. The summed E-state index contributed by atoms with van der Waals surface area (Å²) < 4.78 is 0. The summed E-state index contributed by atoms with van der Waals surface area (Å²) in [6.45, 7) is 0. The van der Waals surface area contributed by atoms with Crippen LogP contribution in [0.1, 0.15) is 0 Å². The molecule has 0 atom stereocenters. The van der Waals surface area contributed by atoms with Gasteiger partial charge in [-0.25, -0.2) is 0 Å². The fourth-order valence-corrected chi connectivity index (χ4v) is 0. The first kappa shape index (κ1) is 9.04. The maximum atomic E-state index is 7.13. The molecule has 0 amide bonds. The molecule has 3 heteroatoms. The van der Waals surface area contributed by atoms with Gasteiger partial charge in [0.05, 0.1) is 0 Å². The molecule has 0 spiro atoms. The van der Waals surface area contributed by atoms with Crippen molar-refractivity contribution in [2.75, 3.05) is 0 Å². The van der Waals surface area contributed by atoms with Gasteiger partial charge >= 0.3 is 0 Å². The molecular weight excluding hydrogens is 210 g/mol. The van der Waals surface area contributed by atoms with Gasteiger partial charge in [0, 0.05) is 49.4 Å². The Balaban J connectivity index is 0. The summed E-state index contributed by atoms with van der Waals surface area (Å²) in [5.41, 5.74) is 0. The molecule has 0 bridgehead atoms. The van der Waals surface area contributed by atoms with Crippen LogP contribution in [0.15, 0.2) is 0 Å². The van der Waals surface area contributed by atoms with Gasteiger partial charge < -0.3 is 5.41 Å². The second kappa shape index (κ2) is 8.83. The van der Waals surface area contributed by atoms with Crippen molar-refractivity contribution in [2.45, 2.75) is 0 Å². The van der Waals surface area contributed by atoms with Gasteiger partial charge in [0.1, 0.15) is 0 Å². The zero-order valence-corrected chi connectivity index (χ0v) is 4.98. The minimum Gasteiger partial charge on any atom is -0.753 e. The van der Waals surface area contributed by atoms with Crippen LogP contribution < -0.4 is 0 Å². The first-order chi connectivity index (χ1) is 1.41. The number of hydrogen-bond acceptors (Lipinski definition) is 1. The molecule has 0 N–H and O–H groups in total. The number of isothiocyanates is 1. The molecular formula is CEuNS-. The summed E-state index contributed by atoms with van der Waals surface area (Å²) in [7, 11) is 0. The Morgan fingerprint density at radius 3 is 1.75 bits per heavy atom. The maximum Gasteiger partial charge on any atom is 0 e. The molecule has 23 valence electrons. The van der Waals surface area contributed by atoms with Crippen LogP contribution in [0.3, 0.4) is 0 Å². The van der Waals surface area contributed by atoms with Gasteiger partial charge in [-0.15, -0.1) is 0 Å². The van der Waals surface area contributed by atoms with E-state index in [-0.39, 0.29) is 49.4 Å². The van der Waals surface area contributed by atoms with Gasteiger partial charge in [0.25, 0.3) is 0 Å². The Labute approximate surface area is 70.8 Å². The smallest absolute Gasteiger partial charge is 0 e. The van der Waals surface area contributed by atoms with E-state index in [1.54, 1.807) is 0 Å². The van der Waals surface area contributed by atoms with E-state index in [0.717, 1.165) is 0 Å². The SMILES string of the molecule is [Eu].[N-]=C=S. The van der Waals surface area contributed by atoms with Crippen LogP contribution >= 0.6 is 12.2 Å². The van der Waals surface area contributed by atoms with Crippen LogP contribution in [0, 0.1) is 49.4 Å². The van der Waals surface area contributed by atoms with Crippen molar-refractivity contribution in [1.82, 2.24) is 0 Å². The molecule has 4 heavy (non-hydrogen) atoms. The van der Waals surface area contributed by atoms with E-state index in [2.05, 4.69) is 12.2 Å². The second-order valence-electron chi connectivity index (χ2n) is 0.0913. The first-order valence-corrected chi connectivity index (χ1v) is 0.836. The Morgan fingerprint density at radius 1 is 1.75 bits per heavy atom. The zero-order chi connectivity index (χ0) is 2.71. The normalized spacial score (nSPS) is 2.00. The summed E-state index contributed by atoms with van der Waals surface area (Å²) >= 11 is 3.70. The van der Waals surface area contributed by atoms with Crippen LogP contribution in [0.5, 0.6) is 0 Å². The quantitative estimate of drug-likeness (QED) is 0.425. The van der Waals surface area contributed by atoms with Crippen LogP contribution in [0.4, 0.5) is 0 Å². The third-order valence-electron chi connectivity index (χ3n) is 0. The van der Waals surface area contributed by atoms with E-state index >= 15 is 0 Å². The average molecular weight is 210 g/mol. The monoisotopic (exact) mass is 211 g/mol. The van der Waals surface area contributed by atoms with Crippen LogP contribution in [-0.2, 0) is 0 Å². The van der Waals surface area contributed by atoms with E-state index in [1.807, 2.05) is 0 Å². The van der Waals surface area contributed by atoms with Crippen molar-refractivity contribution in [3.8, 4) is 0 Å². The summed E-state index contributed by atoms with van der Waals surface area (Å²) in [5, 5.41) is 8.47. The zero-order valence-electron chi connectivity index (χ0n) is 1.73. The summed E-state index contributed by atoms with van der Waals surface area (Å²) in [6, 6.07) is 0. The van der Waals surface area contributed by atoms with Crippen molar-refractivity contribution >= 4 is 17.4 Å². The van der Waals surface area contributed by atoms with E-state index in [0.29, 0.717) is 0 Å². The Bertz CT molecular complexity index is 29.0. The first-order valence-electron chi connectivity index (χ1n) is 0.428.